The van der Waals surface area contributed by atoms with E-state index in [1.807, 2.05) is 6.20 Å². The highest BCUT2D eigenvalue weighted by Gasteiger charge is 2.05. The molecule has 0 bridgehead atoms. The molecule has 2 nitrogen and oxygen atoms in total. The second kappa shape index (κ2) is 7.62. The van der Waals surface area contributed by atoms with Gasteiger partial charge in [0.1, 0.15) is 5.03 Å². The largest absolute Gasteiger partial charge is 0.312 e. The van der Waals surface area contributed by atoms with E-state index in [0.29, 0.717) is 5.92 Å². The number of aromatic nitrogens is 1. The monoisotopic (exact) mass is 300 g/mol. The van der Waals surface area contributed by atoms with Crippen molar-refractivity contribution in [1.82, 2.24) is 10.3 Å². The van der Waals surface area contributed by atoms with Crippen LogP contribution in [-0.4, -0.2) is 11.5 Å². The fourth-order valence-corrected chi connectivity index (χ4v) is 3.06. The average Bonchev–Trinajstić information content (AvgIpc) is 2.41. The third-order valence-corrected chi connectivity index (χ3v) is 4.28. The van der Waals surface area contributed by atoms with Gasteiger partial charge in [-0.25, -0.2) is 4.98 Å². The predicted molar refractivity (Wildman–Crippen MR) is 90.8 cm³/mol. The van der Waals surface area contributed by atoms with Gasteiger partial charge in [0.2, 0.25) is 0 Å². The van der Waals surface area contributed by atoms with E-state index in [0.717, 1.165) is 18.1 Å². The molecular weight excluding hydrogens is 276 g/mol. The summed E-state index contributed by atoms with van der Waals surface area (Å²) < 4.78 is 0. The zero-order chi connectivity index (χ0) is 15.2. The summed E-state index contributed by atoms with van der Waals surface area (Å²) >= 11 is 1.73. The van der Waals surface area contributed by atoms with Crippen LogP contribution in [0.2, 0.25) is 0 Å². The van der Waals surface area contributed by atoms with Gasteiger partial charge >= 0.3 is 0 Å². The zero-order valence-electron chi connectivity index (χ0n) is 13.3. The van der Waals surface area contributed by atoms with Gasteiger partial charge in [-0.1, -0.05) is 49.4 Å². The summed E-state index contributed by atoms with van der Waals surface area (Å²) in [5.41, 5.74) is 3.78. The van der Waals surface area contributed by atoms with Crippen LogP contribution in [0.3, 0.4) is 0 Å². The molecule has 1 N–H and O–H groups in total. The Morgan fingerprint density at radius 2 is 2.00 bits per heavy atom. The maximum Gasteiger partial charge on any atom is 0.104 e. The van der Waals surface area contributed by atoms with Crippen LogP contribution in [0, 0.1) is 19.8 Å². The Bertz CT molecular complexity index is 594. The molecule has 0 atom stereocenters. The number of pyridine rings is 1. The highest BCUT2D eigenvalue weighted by molar-refractivity contribution is 7.99. The average molecular weight is 300 g/mol. The van der Waals surface area contributed by atoms with Crippen molar-refractivity contribution in [2.75, 3.05) is 6.54 Å². The highest BCUT2D eigenvalue weighted by atomic mass is 32.2. The second-order valence-electron chi connectivity index (χ2n) is 5.91. The van der Waals surface area contributed by atoms with Crippen molar-refractivity contribution in [2.45, 2.75) is 44.2 Å². The standard InChI is InChI=1S/C18H24N2S/c1-13(2)10-19-11-16-9-15(4)18(20-12-16)21-17-7-5-6-14(3)8-17/h5-9,12-13,19H,10-11H2,1-4H3. The Hall–Kier alpha value is -1.32. The van der Waals surface area contributed by atoms with Crippen molar-refractivity contribution in [2.24, 2.45) is 5.92 Å². The molecule has 21 heavy (non-hydrogen) atoms. The van der Waals surface area contributed by atoms with Crippen LogP contribution in [0.1, 0.15) is 30.5 Å². The predicted octanol–water partition coefficient (Wildman–Crippen LogP) is 4.60. The molecule has 0 fully saturated rings. The van der Waals surface area contributed by atoms with E-state index in [4.69, 9.17) is 0 Å². The fourth-order valence-electron chi connectivity index (χ4n) is 2.12. The Morgan fingerprint density at radius 1 is 1.19 bits per heavy atom. The lowest BCUT2D eigenvalue weighted by molar-refractivity contribution is 0.551. The highest BCUT2D eigenvalue weighted by Crippen LogP contribution is 2.29. The number of benzene rings is 1. The van der Waals surface area contributed by atoms with Gasteiger partial charge in [-0.2, -0.15) is 0 Å². The molecule has 3 heteroatoms. The van der Waals surface area contributed by atoms with Gasteiger partial charge < -0.3 is 5.32 Å². The van der Waals surface area contributed by atoms with Gasteiger partial charge in [-0.3, -0.25) is 0 Å². The molecule has 112 valence electrons. The minimum absolute atomic E-state index is 0.676. The lowest BCUT2D eigenvalue weighted by Crippen LogP contribution is -2.19. The minimum Gasteiger partial charge on any atom is -0.312 e. The van der Waals surface area contributed by atoms with Crippen molar-refractivity contribution in [3.63, 3.8) is 0 Å². The number of nitrogens with zero attached hydrogens (tertiary/aromatic N) is 1. The van der Waals surface area contributed by atoms with Crippen molar-refractivity contribution in [1.29, 1.82) is 0 Å². The lowest BCUT2D eigenvalue weighted by atomic mass is 10.2. The van der Waals surface area contributed by atoms with E-state index in [9.17, 15) is 0 Å². The van der Waals surface area contributed by atoms with Gasteiger partial charge in [-0.15, -0.1) is 0 Å². The Morgan fingerprint density at radius 3 is 2.67 bits per heavy atom. The topological polar surface area (TPSA) is 24.9 Å². The minimum atomic E-state index is 0.676. The molecule has 0 aliphatic rings. The van der Waals surface area contributed by atoms with Gasteiger partial charge in [0, 0.05) is 17.6 Å². The van der Waals surface area contributed by atoms with Crippen LogP contribution < -0.4 is 5.32 Å². The number of rotatable bonds is 6. The molecule has 0 saturated carbocycles. The molecular formula is C18H24N2S. The van der Waals surface area contributed by atoms with Gasteiger partial charge in [0.25, 0.3) is 0 Å². The van der Waals surface area contributed by atoms with E-state index in [1.165, 1.54) is 21.6 Å². The molecule has 0 radical (unpaired) electrons. The van der Waals surface area contributed by atoms with Crippen LogP contribution in [0.25, 0.3) is 0 Å². The maximum atomic E-state index is 4.62. The molecule has 0 aliphatic carbocycles. The maximum absolute atomic E-state index is 4.62. The van der Waals surface area contributed by atoms with Crippen LogP contribution in [0.15, 0.2) is 46.5 Å². The van der Waals surface area contributed by atoms with E-state index in [2.05, 4.69) is 68.3 Å². The summed E-state index contributed by atoms with van der Waals surface area (Å²) in [6.45, 7) is 10.6. The number of hydrogen-bond donors (Lipinski definition) is 1. The van der Waals surface area contributed by atoms with Gasteiger partial charge in [-0.05, 0) is 49.6 Å². The zero-order valence-corrected chi connectivity index (χ0v) is 14.1. The van der Waals surface area contributed by atoms with Crippen LogP contribution in [0.4, 0.5) is 0 Å². The van der Waals surface area contributed by atoms with Crippen LogP contribution >= 0.6 is 11.8 Å². The number of nitrogens with one attached hydrogen (secondary N) is 1. The summed E-state index contributed by atoms with van der Waals surface area (Å²) in [6, 6.07) is 10.8. The summed E-state index contributed by atoms with van der Waals surface area (Å²) in [4.78, 5) is 5.87. The third kappa shape index (κ3) is 5.18. The van der Waals surface area contributed by atoms with Crippen LogP contribution in [-0.2, 0) is 6.54 Å². The van der Waals surface area contributed by atoms with Crippen molar-refractivity contribution in [3.8, 4) is 0 Å². The molecule has 1 aromatic heterocycles. The fraction of sp³-hybridized carbons (Fsp3) is 0.389. The molecule has 1 aromatic carbocycles. The van der Waals surface area contributed by atoms with Gasteiger partial charge in [0.05, 0.1) is 0 Å². The summed E-state index contributed by atoms with van der Waals surface area (Å²) in [6.07, 6.45) is 1.98. The summed E-state index contributed by atoms with van der Waals surface area (Å²) in [5, 5.41) is 4.55. The Labute approximate surface area is 132 Å². The molecule has 2 rings (SSSR count). The lowest BCUT2D eigenvalue weighted by Gasteiger charge is -2.10. The SMILES string of the molecule is Cc1cccc(Sc2ncc(CNCC(C)C)cc2C)c1. The molecule has 0 aliphatic heterocycles. The van der Waals surface area contributed by atoms with Crippen LogP contribution in [0.5, 0.6) is 0 Å². The third-order valence-electron chi connectivity index (χ3n) is 3.17. The first kappa shape index (κ1) is 16.1. The summed E-state index contributed by atoms with van der Waals surface area (Å²) in [5.74, 6) is 0.676. The summed E-state index contributed by atoms with van der Waals surface area (Å²) in [7, 11) is 0. The van der Waals surface area contributed by atoms with E-state index >= 15 is 0 Å². The molecule has 0 saturated heterocycles. The quantitative estimate of drug-likeness (QED) is 0.844. The first-order valence-electron chi connectivity index (χ1n) is 7.45. The molecule has 0 spiro atoms. The first-order valence-corrected chi connectivity index (χ1v) is 8.27. The Balaban J connectivity index is 2.02. The van der Waals surface area contributed by atoms with E-state index in [-0.39, 0.29) is 0 Å². The number of hydrogen-bond acceptors (Lipinski definition) is 3. The normalized spacial score (nSPS) is 11.1. The van der Waals surface area contributed by atoms with Gasteiger partial charge in [0.15, 0.2) is 0 Å². The second-order valence-corrected chi connectivity index (χ2v) is 6.97. The molecule has 0 unspecified atom stereocenters. The number of aryl methyl sites for hydroxylation is 2. The Kier molecular flexibility index (Phi) is 5.83. The van der Waals surface area contributed by atoms with E-state index < -0.39 is 0 Å². The first-order chi connectivity index (χ1) is 10.0. The van der Waals surface area contributed by atoms with E-state index in [1.54, 1.807) is 11.8 Å². The molecule has 0 amide bonds. The van der Waals surface area contributed by atoms with Crippen molar-refractivity contribution < 1.29 is 0 Å². The molecule has 2 aromatic rings. The van der Waals surface area contributed by atoms with Crippen molar-refractivity contribution in [3.05, 3.63) is 53.2 Å². The molecule has 1 heterocycles. The van der Waals surface area contributed by atoms with Crippen molar-refractivity contribution >= 4 is 11.8 Å². The smallest absolute Gasteiger partial charge is 0.104 e.